The van der Waals surface area contributed by atoms with Crippen molar-refractivity contribution in [1.29, 1.82) is 0 Å². The smallest absolute Gasteiger partial charge is 0.128 e. The number of rotatable bonds is 9. The topological polar surface area (TPSA) is 28.2 Å². The van der Waals surface area contributed by atoms with Gasteiger partial charge in [0.25, 0.3) is 0 Å². The van der Waals surface area contributed by atoms with Crippen molar-refractivity contribution in [3.63, 3.8) is 0 Å². The first-order valence-electron chi connectivity index (χ1n) is 7.58. The van der Waals surface area contributed by atoms with Crippen molar-refractivity contribution in [3.05, 3.63) is 23.9 Å². The van der Waals surface area contributed by atoms with Crippen molar-refractivity contribution in [2.45, 2.75) is 47.1 Å². The van der Waals surface area contributed by atoms with Gasteiger partial charge in [-0.3, -0.25) is 0 Å². The van der Waals surface area contributed by atoms with E-state index in [0.717, 1.165) is 44.8 Å². The first-order chi connectivity index (χ1) is 9.17. The van der Waals surface area contributed by atoms with Gasteiger partial charge in [0.05, 0.1) is 0 Å². The quantitative estimate of drug-likeness (QED) is 0.739. The van der Waals surface area contributed by atoms with Gasteiger partial charge in [0.15, 0.2) is 0 Å². The van der Waals surface area contributed by atoms with Crippen molar-refractivity contribution in [3.8, 4) is 0 Å². The fourth-order valence-electron chi connectivity index (χ4n) is 2.13. The van der Waals surface area contributed by atoms with Gasteiger partial charge >= 0.3 is 0 Å². The van der Waals surface area contributed by atoms with Crippen LogP contribution in [0, 0.1) is 5.92 Å². The second kappa shape index (κ2) is 8.92. The fourth-order valence-corrected chi connectivity index (χ4v) is 2.13. The van der Waals surface area contributed by atoms with Crippen LogP contribution in [0.4, 0.5) is 5.82 Å². The Bertz CT molecular complexity index is 344. The Kier molecular flexibility index (Phi) is 7.49. The molecule has 1 N–H and O–H groups in total. The molecule has 0 saturated heterocycles. The summed E-state index contributed by atoms with van der Waals surface area (Å²) in [4.78, 5) is 6.90. The zero-order valence-electron chi connectivity index (χ0n) is 12.9. The summed E-state index contributed by atoms with van der Waals surface area (Å²) in [5, 5.41) is 3.48. The molecule has 1 rings (SSSR count). The molecule has 0 fully saturated rings. The molecular weight excluding hydrogens is 234 g/mol. The lowest BCUT2D eigenvalue weighted by Crippen LogP contribution is -2.26. The van der Waals surface area contributed by atoms with Gasteiger partial charge < -0.3 is 10.2 Å². The van der Waals surface area contributed by atoms with E-state index in [1.165, 1.54) is 5.56 Å². The normalized spacial score (nSPS) is 11.0. The maximum Gasteiger partial charge on any atom is 0.128 e. The minimum Gasteiger partial charge on any atom is -0.357 e. The number of hydrogen-bond donors (Lipinski definition) is 1. The first-order valence-corrected chi connectivity index (χ1v) is 7.58. The average molecular weight is 263 g/mol. The van der Waals surface area contributed by atoms with Crippen LogP contribution < -0.4 is 10.2 Å². The number of aromatic nitrogens is 1. The lowest BCUT2D eigenvalue weighted by atomic mass is 10.2. The molecule has 3 heteroatoms. The Labute approximate surface area is 118 Å². The van der Waals surface area contributed by atoms with Crippen LogP contribution in [0.5, 0.6) is 0 Å². The van der Waals surface area contributed by atoms with Gasteiger partial charge in [0.1, 0.15) is 5.82 Å². The van der Waals surface area contributed by atoms with Crippen molar-refractivity contribution in [1.82, 2.24) is 10.3 Å². The molecule has 1 heterocycles. The van der Waals surface area contributed by atoms with E-state index in [1.54, 1.807) is 0 Å². The summed E-state index contributed by atoms with van der Waals surface area (Å²) < 4.78 is 0. The Morgan fingerprint density at radius 1 is 1.21 bits per heavy atom. The van der Waals surface area contributed by atoms with E-state index >= 15 is 0 Å². The minimum atomic E-state index is 0.693. The van der Waals surface area contributed by atoms with E-state index in [9.17, 15) is 0 Å². The summed E-state index contributed by atoms with van der Waals surface area (Å²) in [7, 11) is 0. The van der Waals surface area contributed by atoms with Crippen LogP contribution >= 0.6 is 0 Å². The second-order valence-electron chi connectivity index (χ2n) is 5.53. The Morgan fingerprint density at radius 2 is 1.89 bits per heavy atom. The van der Waals surface area contributed by atoms with Gasteiger partial charge in [0.2, 0.25) is 0 Å². The zero-order valence-corrected chi connectivity index (χ0v) is 12.9. The number of anilines is 1. The van der Waals surface area contributed by atoms with Crippen LogP contribution in [-0.2, 0) is 6.54 Å². The van der Waals surface area contributed by atoms with Crippen LogP contribution in [0.15, 0.2) is 18.3 Å². The predicted molar refractivity (Wildman–Crippen MR) is 83.6 cm³/mol. The maximum absolute atomic E-state index is 4.52. The SMILES string of the molecule is CCCN(CCC)c1cc(CNCC(C)C)ccn1. The molecule has 0 saturated carbocycles. The molecule has 0 aliphatic heterocycles. The van der Waals surface area contributed by atoms with E-state index in [1.807, 2.05) is 6.20 Å². The van der Waals surface area contributed by atoms with Crippen LogP contribution in [0.1, 0.15) is 46.1 Å². The van der Waals surface area contributed by atoms with Gasteiger partial charge in [-0.05, 0) is 43.0 Å². The summed E-state index contributed by atoms with van der Waals surface area (Å²) >= 11 is 0. The van der Waals surface area contributed by atoms with Gasteiger partial charge in [-0.15, -0.1) is 0 Å². The number of pyridine rings is 1. The van der Waals surface area contributed by atoms with Crippen LogP contribution in [0.3, 0.4) is 0 Å². The fraction of sp³-hybridized carbons (Fsp3) is 0.688. The molecule has 0 radical (unpaired) electrons. The molecule has 19 heavy (non-hydrogen) atoms. The zero-order chi connectivity index (χ0) is 14.1. The summed E-state index contributed by atoms with van der Waals surface area (Å²) in [6.07, 6.45) is 4.26. The van der Waals surface area contributed by atoms with Crippen molar-refractivity contribution in [2.75, 3.05) is 24.5 Å². The van der Waals surface area contributed by atoms with E-state index in [4.69, 9.17) is 0 Å². The van der Waals surface area contributed by atoms with Gasteiger partial charge in [0, 0.05) is 25.8 Å². The number of nitrogens with one attached hydrogen (secondary N) is 1. The predicted octanol–water partition coefficient (Wildman–Crippen LogP) is 3.45. The van der Waals surface area contributed by atoms with Crippen LogP contribution in [0.2, 0.25) is 0 Å². The molecule has 0 spiro atoms. The highest BCUT2D eigenvalue weighted by Crippen LogP contribution is 2.13. The summed E-state index contributed by atoms with van der Waals surface area (Å²) in [5.41, 5.74) is 1.32. The van der Waals surface area contributed by atoms with E-state index < -0.39 is 0 Å². The molecule has 3 nitrogen and oxygen atoms in total. The Balaban J connectivity index is 2.63. The molecule has 0 amide bonds. The standard InChI is InChI=1S/C16H29N3/c1-5-9-19(10-6-2)16-11-15(7-8-18-16)13-17-12-14(3)4/h7-8,11,14,17H,5-6,9-10,12-13H2,1-4H3. The van der Waals surface area contributed by atoms with Gasteiger partial charge in [-0.25, -0.2) is 4.98 Å². The molecule has 0 aromatic carbocycles. The Hall–Kier alpha value is -1.09. The highest BCUT2D eigenvalue weighted by molar-refractivity contribution is 5.40. The van der Waals surface area contributed by atoms with Crippen LogP contribution in [0.25, 0.3) is 0 Å². The number of hydrogen-bond acceptors (Lipinski definition) is 3. The second-order valence-corrected chi connectivity index (χ2v) is 5.53. The van der Waals surface area contributed by atoms with Crippen molar-refractivity contribution >= 4 is 5.82 Å². The van der Waals surface area contributed by atoms with E-state index in [0.29, 0.717) is 5.92 Å². The summed E-state index contributed by atoms with van der Waals surface area (Å²) in [5.74, 6) is 1.81. The Morgan fingerprint density at radius 3 is 2.47 bits per heavy atom. The van der Waals surface area contributed by atoms with Gasteiger partial charge in [-0.1, -0.05) is 27.7 Å². The summed E-state index contributed by atoms with van der Waals surface area (Å²) in [6, 6.07) is 4.32. The highest BCUT2D eigenvalue weighted by Gasteiger charge is 2.06. The summed E-state index contributed by atoms with van der Waals surface area (Å²) in [6.45, 7) is 13.1. The molecule has 108 valence electrons. The molecule has 0 bridgehead atoms. The lowest BCUT2D eigenvalue weighted by molar-refractivity contribution is 0.552. The molecule has 0 atom stereocenters. The molecular formula is C16H29N3. The highest BCUT2D eigenvalue weighted by atomic mass is 15.2. The molecule has 0 aliphatic carbocycles. The average Bonchev–Trinajstić information content (AvgIpc) is 2.38. The molecule has 1 aromatic heterocycles. The third-order valence-corrected chi connectivity index (χ3v) is 3.00. The number of nitrogens with zero attached hydrogens (tertiary/aromatic N) is 2. The van der Waals surface area contributed by atoms with Crippen molar-refractivity contribution < 1.29 is 0 Å². The molecule has 1 aromatic rings. The van der Waals surface area contributed by atoms with Crippen molar-refractivity contribution in [2.24, 2.45) is 5.92 Å². The molecule has 0 unspecified atom stereocenters. The van der Waals surface area contributed by atoms with E-state index in [2.05, 4.69) is 55.0 Å². The third kappa shape index (κ3) is 6.06. The van der Waals surface area contributed by atoms with Gasteiger partial charge in [-0.2, -0.15) is 0 Å². The first kappa shape index (κ1) is 16.0. The molecule has 0 aliphatic rings. The minimum absolute atomic E-state index is 0.693. The third-order valence-electron chi connectivity index (χ3n) is 3.00. The largest absolute Gasteiger partial charge is 0.357 e. The monoisotopic (exact) mass is 263 g/mol. The maximum atomic E-state index is 4.52. The van der Waals surface area contributed by atoms with E-state index in [-0.39, 0.29) is 0 Å². The lowest BCUT2D eigenvalue weighted by Gasteiger charge is -2.23. The van der Waals surface area contributed by atoms with Crippen LogP contribution in [-0.4, -0.2) is 24.6 Å².